The number of carbonyl (C=O) groups excluding carboxylic acids is 1. The lowest BCUT2D eigenvalue weighted by molar-refractivity contribution is -0.139. The van der Waals surface area contributed by atoms with Gasteiger partial charge in [0.05, 0.1) is 18.5 Å². The molecule has 0 spiro atoms. The van der Waals surface area contributed by atoms with Crippen LogP contribution >= 0.6 is 11.3 Å². The van der Waals surface area contributed by atoms with Crippen molar-refractivity contribution in [1.82, 2.24) is 5.32 Å². The van der Waals surface area contributed by atoms with E-state index in [4.69, 9.17) is 10.8 Å². The lowest BCUT2D eigenvalue weighted by Gasteiger charge is -2.20. The van der Waals surface area contributed by atoms with Crippen LogP contribution in [0.5, 0.6) is 0 Å². The average Bonchev–Trinajstić information content (AvgIpc) is 2.98. The van der Waals surface area contributed by atoms with E-state index in [-0.39, 0.29) is 6.04 Å². The summed E-state index contributed by atoms with van der Waals surface area (Å²) in [6.45, 7) is 0. The summed E-state index contributed by atoms with van der Waals surface area (Å²) in [4.78, 5) is 23.7. The zero-order chi connectivity index (χ0) is 15.2. The van der Waals surface area contributed by atoms with Gasteiger partial charge in [0.1, 0.15) is 0 Å². The lowest BCUT2D eigenvalue weighted by Crippen LogP contribution is -2.43. The Kier molecular flexibility index (Phi) is 5.08. The Morgan fingerprint density at radius 2 is 1.90 bits per heavy atom. The number of nitrogens with one attached hydrogen (secondary N) is 1. The van der Waals surface area contributed by atoms with Gasteiger partial charge >= 0.3 is 5.97 Å². The van der Waals surface area contributed by atoms with E-state index in [1.165, 1.54) is 11.3 Å². The number of rotatable bonds is 6. The van der Waals surface area contributed by atoms with Crippen molar-refractivity contribution in [3.05, 3.63) is 58.3 Å². The van der Waals surface area contributed by atoms with E-state index < -0.39 is 24.3 Å². The van der Waals surface area contributed by atoms with Crippen LogP contribution in [0.1, 0.15) is 22.9 Å². The molecule has 110 valence electrons. The fourth-order valence-electron chi connectivity index (χ4n) is 1.95. The molecule has 4 N–H and O–H groups in total. The molecule has 1 aromatic carbocycles. The van der Waals surface area contributed by atoms with E-state index in [1.54, 1.807) is 0 Å². The summed E-state index contributed by atoms with van der Waals surface area (Å²) < 4.78 is 0. The summed E-state index contributed by atoms with van der Waals surface area (Å²) in [5.74, 6) is -1.57. The van der Waals surface area contributed by atoms with Gasteiger partial charge in [0.15, 0.2) is 0 Å². The highest BCUT2D eigenvalue weighted by Crippen LogP contribution is 2.25. The Bertz CT molecular complexity index is 599. The van der Waals surface area contributed by atoms with Gasteiger partial charge in [-0.05, 0) is 17.0 Å². The van der Waals surface area contributed by atoms with E-state index in [0.29, 0.717) is 0 Å². The normalized spacial score (nSPS) is 13.4. The number of nitrogens with two attached hydrogens (primary N) is 1. The number of benzene rings is 1. The Morgan fingerprint density at radius 3 is 2.48 bits per heavy atom. The van der Waals surface area contributed by atoms with E-state index in [9.17, 15) is 9.59 Å². The second kappa shape index (κ2) is 7.01. The Labute approximate surface area is 126 Å². The van der Waals surface area contributed by atoms with Crippen LogP contribution < -0.4 is 11.1 Å². The summed E-state index contributed by atoms with van der Waals surface area (Å²) in [5.41, 5.74) is 6.54. The van der Waals surface area contributed by atoms with Gasteiger partial charge < -0.3 is 16.2 Å². The molecule has 1 amide bonds. The zero-order valence-corrected chi connectivity index (χ0v) is 12.0. The first-order chi connectivity index (χ1) is 10.1. The van der Waals surface area contributed by atoms with Crippen LogP contribution in [0.3, 0.4) is 0 Å². The van der Waals surface area contributed by atoms with Gasteiger partial charge in [-0.3, -0.25) is 9.59 Å². The molecule has 2 rings (SSSR count). The molecule has 0 aliphatic carbocycles. The van der Waals surface area contributed by atoms with Crippen molar-refractivity contribution in [2.24, 2.45) is 5.73 Å². The van der Waals surface area contributed by atoms with Crippen LogP contribution in [-0.2, 0) is 9.59 Å². The molecule has 0 aliphatic heterocycles. The molecule has 0 radical (unpaired) electrons. The number of aliphatic carboxylic acids is 1. The van der Waals surface area contributed by atoms with E-state index in [1.807, 2.05) is 47.8 Å². The van der Waals surface area contributed by atoms with Crippen LogP contribution in [0.2, 0.25) is 0 Å². The smallest absolute Gasteiger partial charge is 0.305 e. The number of carboxylic acids is 1. The second-order valence-corrected chi connectivity index (χ2v) is 5.55. The fourth-order valence-corrected chi connectivity index (χ4v) is 2.75. The molecular weight excluding hydrogens is 288 g/mol. The molecule has 0 saturated carbocycles. The molecule has 1 aromatic heterocycles. The summed E-state index contributed by atoms with van der Waals surface area (Å²) >= 11 is 1.52. The van der Waals surface area contributed by atoms with Crippen molar-refractivity contribution in [3.63, 3.8) is 0 Å². The molecule has 0 aliphatic rings. The van der Waals surface area contributed by atoms with Gasteiger partial charge in [0, 0.05) is 4.88 Å². The molecule has 2 unspecified atom stereocenters. The topological polar surface area (TPSA) is 92.4 Å². The predicted octanol–water partition coefficient (Wildman–Crippen LogP) is 1.76. The number of carbonyl (C=O) groups is 2. The van der Waals surface area contributed by atoms with E-state index in [0.717, 1.165) is 10.4 Å². The SMILES string of the molecule is NC(CC(=O)O)C(=O)NC(c1ccccc1)c1cccs1. The second-order valence-electron chi connectivity index (χ2n) is 4.57. The van der Waals surface area contributed by atoms with E-state index >= 15 is 0 Å². The van der Waals surface area contributed by atoms with Crippen molar-refractivity contribution >= 4 is 23.2 Å². The molecule has 0 bridgehead atoms. The van der Waals surface area contributed by atoms with Gasteiger partial charge in [-0.1, -0.05) is 36.4 Å². The first-order valence-corrected chi connectivity index (χ1v) is 7.32. The van der Waals surface area contributed by atoms with Crippen LogP contribution in [0.15, 0.2) is 47.8 Å². The van der Waals surface area contributed by atoms with Crippen molar-refractivity contribution in [2.75, 3.05) is 0 Å². The Balaban J connectivity index is 2.18. The summed E-state index contributed by atoms with van der Waals surface area (Å²) in [5, 5.41) is 13.5. The molecule has 5 nitrogen and oxygen atoms in total. The first-order valence-electron chi connectivity index (χ1n) is 6.44. The largest absolute Gasteiger partial charge is 0.481 e. The third-order valence-electron chi connectivity index (χ3n) is 2.98. The van der Waals surface area contributed by atoms with Crippen molar-refractivity contribution < 1.29 is 14.7 Å². The third-order valence-corrected chi connectivity index (χ3v) is 3.92. The molecule has 0 fully saturated rings. The summed E-state index contributed by atoms with van der Waals surface area (Å²) in [6, 6.07) is 11.9. The van der Waals surface area contributed by atoms with Crippen molar-refractivity contribution in [3.8, 4) is 0 Å². The Hall–Kier alpha value is -2.18. The minimum atomic E-state index is -1.09. The maximum Gasteiger partial charge on any atom is 0.305 e. The molecule has 1 heterocycles. The highest BCUT2D eigenvalue weighted by molar-refractivity contribution is 7.10. The van der Waals surface area contributed by atoms with Crippen LogP contribution in [-0.4, -0.2) is 23.0 Å². The molecule has 6 heteroatoms. The molecule has 0 saturated heterocycles. The summed E-state index contributed by atoms with van der Waals surface area (Å²) in [7, 11) is 0. The van der Waals surface area contributed by atoms with Gasteiger partial charge in [-0.15, -0.1) is 11.3 Å². The first kappa shape index (κ1) is 15.2. The van der Waals surface area contributed by atoms with Crippen LogP contribution in [0.25, 0.3) is 0 Å². The maximum absolute atomic E-state index is 12.1. The van der Waals surface area contributed by atoms with Gasteiger partial charge in [-0.25, -0.2) is 0 Å². The third kappa shape index (κ3) is 4.14. The highest BCUT2D eigenvalue weighted by atomic mass is 32.1. The van der Waals surface area contributed by atoms with Gasteiger partial charge in [0.2, 0.25) is 5.91 Å². The number of hydrogen-bond acceptors (Lipinski definition) is 4. The lowest BCUT2D eigenvalue weighted by atomic mass is 10.0. The fraction of sp³-hybridized carbons (Fsp3) is 0.200. The van der Waals surface area contributed by atoms with Crippen LogP contribution in [0, 0.1) is 0 Å². The highest BCUT2D eigenvalue weighted by Gasteiger charge is 2.22. The zero-order valence-electron chi connectivity index (χ0n) is 11.2. The molecule has 2 aromatic rings. The number of hydrogen-bond donors (Lipinski definition) is 3. The maximum atomic E-state index is 12.1. The minimum Gasteiger partial charge on any atom is -0.481 e. The van der Waals surface area contributed by atoms with E-state index in [2.05, 4.69) is 5.32 Å². The van der Waals surface area contributed by atoms with Crippen molar-refractivity contribution in [2.45, 2.75) is 18.5 Å². The standard InChI is InChI=1S/C15H16N2O3S/c16-11(9-13(18)19)15(20)17-14(12-7-4-8-21-12)10-5-2-1-3-6-10/h1-8,11,14H,9,16H2,(H,17,20)(H,18,19). The summed E-state index contributed by atoms with van der Waals surface area (Å²) in [6.07, 6.45) is -0.391. The monoisotopic (exact) mass is 304 g/mol. The molecule has 2 atom stereocenters. The molecular formula is C15H16N2O3S. The minimum absolute atomic E-state index is 0.321. The number of carboxylic acid groups (broad SMARTS) is 1. The van der Waals surface area contributed by atoms with Crippen LogP contribution in [0.4, 0.5) is 0 Å². The average molecular weight is 304 g/mol. The molecule has 21 heavy (non-hydrogen) atoms. The predicted molar refractivity (Wildman–Crippen MR) is 81.0 cm³/mol. The van der Waals surface area contributed by atoms with Gasteiger partial charge in [-0.2, -0.15) is 0 Å². The number of amides is 1. The number of thiophene rings is 1. The Morgan fingerprint density at radius 1 is 1.19 bits per heavy atom. The van der Waals surface area contributed by atoms with Gasteiger partial charge in [0.25, 0.3) is 0 Å². The quantitative estimate of drug-likeness (QED) is 0.758. The van der Waals surface area contributed by atoms with Crippen molar-refractivity contribution in [1.29, 1.82) is 0 Å².